The Kier molecular flexibility index (Phi) is 3.68. The van der Waals surface area contributed by atoms with Crippen LogP contribution >= 0.6 is 0 Å². The van der Waals surface area contributed by atoms with Crippen molar-refractivity contribution in [1.29, 1.82) is 0 Å². The molecule has 5 aromatic carbocycles. The summed E-state index contributed by atoms with van der Waals surface area (Å²) >= 11 is 0. The van der Waals surface area contributed by atoms with Crippen molar-refractivity contribution >= 4 is 38.6 Å². The van der Waals surface area contributed by atoms with Crippen LogP contribution in [-0.2, 0) is 0 Å². The maximum atomic E-state index is 14.8. The first-order chi connectivity index (χ1) is 14.8. The van der Waals surface area contributed by atoms with Gasteiger partial charge in [0.15, 0.2) is 0 Å². The van der Waals surface area contributed by atoms with Crippen molar-refractivity contribution in [2.45, 2.75) is 0 Å². The zero-order valence-electron chi connectivity index (χ0n) is 16.1. The van der Waals surface area contributed by atoms with Gasteiger partial charge >= 0.3 is 0 Å². The molecule has 5 aromatic rings. The SMILES string of the molecule is Fc1ccccc1C1=NN(c2ccccc2)c2cc3ccccc3c3cccc1c23. The summed E-state index contributed by atoms with van der Waals surface area (Å²) < 4.78 is 14.8. The van der Waals surface area contributed by atoms with Gasteiger partial charge in [-0.2, -0.15) is 5.10 Å². The second-order valence-corrected chi connectivity index (χ2v) is 7.42. The lowest BCUT2D eigenvalue weighted by molar-refractivity contribution is 0.625. The summed E-state index contributed by atoms with van der Waals surface area (Å²) in [5.74, 6) is -0.273. The van der Waals surface area contributed by atoms with Crippen molar-refractivity contribution in [3.8, 4) is 0 Å². The first-order valence-corrected chi connectivity index (χ1v) is 9.95. The first-order valence-electron chi connectivity index (χ1n) is 9.95. The molecular weight excluding hydrogens is 371 g/mol. The van der Waals surface area contributed by atoms with Crippen molar-refractivity contribution in [3.05, 3.63) is 120 Å². The highest BCUT2D eigenvalue weighted by atomic mass is 19.1. The number of hydrogen-bond donors (Lipinski definition) is 0. The zero-order chi connectivity index (χ0) is 20.1. The fourth-order valence-electron chi connectivity index (χ4n) is 4.33. The molecule has 6 rings (SSSR count). The Morgan fingerprint density at radius 3 is 2.20 bits per heavy atom. The molecule has 142 valence electrons. The Morgan fingerprint density at radius 1 is 0.633 bits per heavy atom. The van der Waals surface area contributed by atoms with Gasteiger partial charge in [0.25, 0.3) is 0 Å². The quantitative estimate of drug-likeness (QED) is 0.296. The summed E-state index contributed by atoms with van der Waals surface area (Å²) in [7, 11) is 0. The van der Waals surface area contributed by atoms with E-state index in [1.54, 1.807) is 12.1 Å². The van der Waals surface area contributed by atoms with Gasteiger partial charge in [0.2, 0.25) is 0 Å². The van der Waals surface area contributed by atoms with Crippen molar-refractivity contribution in [3.63, 3.8) is 0 Å². The number of hydrazone groups is 1. The molecule has 0 unspecified atom stereocenters. The third-order valence-electron chi connectivity index (χ3n) is 5.68. The van der Waals surface area contributed by atoms with E-state index in [-0.39, 0.29) is 5.82 Å². The van der Waals surface area contributed by atoms with Crippen LogP contribution in [0.4, 0.5) is 15.8 Å². The van der Waals surface area contributed by atoms with Gasteiger partial charge in [-0.15, -0.1) is 0 Å². The van der Waals surface area contributed by atoms with Crippen LogP contribution in [0.1, 0.15) is 11.1 Å². The van der Waals surface area contributed by atoms with E-state index in [1.807, 2.05) is 53.5 Å². The molecule has 0 radical (unpaired) electrons. The summed E-state index contributed by atoms with van der Waals surface area (Å²) in [5, 5.41) is 11.5. The van der Waals surface area contributed by atoms with E-state index in [0.29, 0.717) is 11.3 Å². The van der Waals surface area contributed by atoms with Gasteiger partial charge in [0, 0.05) is 16.5 Å². The van der Waals surface area contributed by atoms with Gasteiger partial charge in [-0.25, -0.2) is 9.40 Å². The van der Waals surface area contributed by atoms with E-state index in [2.05, 4.69) is 36.4 Å². The first kappa shape index (κ1) is 16.9. The van der Waals surface area contributed by atoms with Crippen LogP contribution in [0.3, 0.4) is 0 Å². The van der Waals surface area contributed by atoms with Crippen LogP contribution < -0.4 is 5.01 Å². The smallest absolute Gasteiger partial charge is 0.132 e. The van der Waals surface area contributed by atoms with Gasteiger partial charge in [-0.3, -0.25) is 0 Å². The minimum Gasteiger partial charge on any atom is -0.232 e. The molecule has 3 heteroatoms. The summed E-state index contributed by atoms with van der Waals surface area (Å²) in [6, 6.07) is 33.6. The molecular formula is C27H17FN2. The zero-order valence-corrected chi connectivity index (χ0v) is 16.1. The fourth-order valence-corrected chi connectivity index (χ4v) is 4.33. The molecule has 1 heterocycles. The number of fused-ring (bicyclic) bond motifs is 2. The third-order valence-corrected chi connectivity index (χ3v) is 5.68. The number of rotatable bonds is 2. The highest BCUT2D eigenvalue weighted by Gasteiger charge is 2.26. The molecule has 0 bridgehead atoms. The van der Waals surface area contributed by atoms with E-state index in [1.165, 1.54) is 11.5 Å². The lowest BCUT2D eigenvalue weighted by atomic mass is 9.91. The Bertz CT molecular complexity index is 1450. The molecule has 0 saturated heterocycles. The topological polar surface area (TPSA) is 15.6 Å². The fraction of sp³-hybridized carbons (Fsp3) is 0. The van der Waals surface area contributed by atoms with Crippen molar-refractivity contribution in [2.24, 2.45) is 5.10 Å². The predicted octanol–water partition coefficient (Wildman–Crippen LogP) is 7.04. The molecule has 0 atom stereocenters. The van der Waals surface area contributed by atoms with Gasteiger partial charge in [0.1, 0.15) is 11.5 Å². The minimum absolute atomic E-state index is 0.273. The van der Waals surface area contributed by atoms with Gasteiger partial charge in [-0.05, 0) is 46.5 Å². The number of halogens is 1. The molecule has 0 amide bonds. The Morgan fingerprint density at radius 2 is 1.33 bits per heavy atom. The van der Waals surface area contributed by atoms with Crippen molar-refractivity contribution in [1.82, 2.24) is 0 Å². The van der Waals surface area contributed by atoms with E-state index >= 15 is 0 Å². The molecule has 1 aliphatic heterocycles. The van der Waals surface area contributed by atoms with Crippen LogP contribution in [0.25, 0.3) is 21.5 Å². The van der Waals surface area contributed by atoms with Crippen LogP contribution in [0.2, 0.25) is 0 Å². The number of benzene rings is 5. The lowest BCUT2D eigenvalue weighted by Gasteiger charge is -2.29. The number of nitrogens with zero attached hydrogens (tertiary/aromatic N) is 2. The van der Waals surface area contributed by atoms with Crippen LogP contribution in [0.15, 0.2) is 108 Å². The molecule has 1 aliphatic rings. The average Bonchev–Trinajstić information content (AvgIpc) is 2.81. The highest BCUT2D eigenvalue weighted by molar-refractivity contribution is 6.27. The van der Waals surface area contributed by atoms with Crippen LogP contribution in [-0.4, -0.2) is 5.71 Å². The second kappa shape index (κ2) is 6.53. The largest absolute Gasteiger partial charge is 0.232 e. The standard InChI is InChI=1S/C27H17FN2/c28-24-16-7-6-13-22(24)27-23-15-8-14-21-20-12-5-4-9-18(20)17-25(26(21)23)30(29-27)19-10-2-1-3-11-19/h1-17H. The average molecular weight is 388 g/mol. The maximum absolute atomic E-state index is 14.8. The number of hydrogen-bond acceptors (Lipinski definition) is 2. The van der Waals surface area contributed by atoms with Gasteiger partial charge < -0.3 is 0 Å². The van der Waals surface area contributed by atoms with Crippen molar-refractivity contribution in [2.75, 3.05) is 5.01 Å². The lowest BCUT2D eigenvalue weighted by Crippen LogP contribution is -2.21. The van der Waals surface area contributed by atoms with Crippen LogP contribution in [0.5, 0.6) is 0 Å². The summed E-state index contributed by atoms with van der Waals surface area (Å²) in [5.41, 5.74) is 4.05. The minimum atomic E-state index is -0.273. The Labute approximate surface area is 173 Å². The normalized spacial score (nSPS) is 13.0. The molecule has 0 spiro atoms. The second-order valence-electron chi connectivity index (χ2n) is 7.42. The summed E-state index contributed by atoms with van der Waals surface area (Å²) in [4.78, 5) is 0. The number of para-hydroxylation sites is 1. The highest BCUT2D eigenvalue weighted by Crippen LogP contribution is 2.43. The molecule has 0 aromatic heterocycles. The monoisotopic (exact) mass is 388 g/mol. The Balaban J connectivity index is 1.76. The number of anilines is 2. The summed E-state index contributed by atoms with van der Waals surface area (Å²) in [6.45, 7) is 0. The van der Waals surface area contributed by atoms with E-state index in [0.717, 1.165) is 33.1 Å². The third kappa shape index (κ3) is 2.45. The predicted molar refractivity (Wildman–Crippen MR) is 122 cm³/mol. The Hall–Kier alpha value is -3.98. The van der Waals surface area contributed by atoms with E-state index in [9.17, 15) is 4.39 Å². The van der Waals surface area contributed by atoms with Gasteiger partial charge in [-0.1, -0.05) is 72.8 Å². The molecule has 0 fully saturated rings. The van der Waals surface area contributed by atoms with Crippen LogP contribution in [0, 0.1) is 5.82 Å². The van der Waals surface area contributed by atoms with Crippen molar-refractivity contribution < 1.29 is 4.39 Å². The molecule has 30 heavy (non-hydrogen) atoms. The van der Waals surface area contributed by atoms with Gasteiger partial charge in [0.05, 0.1) is 11.4 Å². The van der Waals surface area contributed by atoms with E-state index in [4.69, 9.17) is 5.10 Å². The molecule has 0 aliphatic carbocycles. The summed E-state index contributed by atoms with van der Waals surface area (Å²) in [6.07, 6.45) is 0. The molecule has 0 N–H and O–H groups in total. The molecule has 2 nitrogen and oxygen atoms in total. The molecule has 0 saturated carbocycles. The van der Waals surface area contributed by atoms with E-state index < -0.39 is 0 Å². The maximum Gasteiger partial charge on any atom is 0.132 e.